The lowest BCUT2D eigenvalue weighted by Crippen LogP contribution is -1.71. The standard InChI is InChI=1S/C8H12O/c1-3-4-5-6-8(2)7-9/h4-7H,3H2,1-2H3/b5-4-,8-6+. The molecule has 0 aromatic heterocycles. The zero-order valence-electron chi connectivity index (χ0n) is 5.92. The quantitative estimate of drug-likeness (QED) is 0.320. The molecule has 0 N–H and O–H groups in total. The first-order chi connectivity index (χ1) is 4.31. The first-order valence-electron chi connectivity index (χ1n) is 3.10. The van der Waals surface area contributed by atoms with Crippen LogP contribution in [0.15, 0.2) is 23.8 Å². The zero-order valence-corrected chi connectivity index (χ0v) is 5.92. The van der Waals surface area contributed by atoms with E-state index in [4.69, 9.17) is 0 Å². The van der Waals surface area contributed by atoms with E-state index in [1.165, 1.54) is 0 Å². The van der Waals surface area contributed by atoms with Crippen LogP contribution in [-0.4, -0.2) is 6.29 Å². The second-order valence-corrected chi connectivity index (χ2v) is 1.86. The van der Waals surface area contributed by atoms with Crippen molar-refractivity contribution >= 4 is 6.29 Å². The van der Waals surface area contributed by atoms with Crippen LogP contribution in [0.2, 0.25) is 0 Å². The molecular weight excluding hydrogens is 112 g/mol. The fraction of sp³-hybridized carbons (Fsp3) is 0.375. The van der Waals surface area contributed by atoms with Crippen LogP contribution in [0, 0.1) is 0 Å². The summed E-state index contributed by atoms with van der Waals surface area (Å²) in [6.07, 6.45) is 7.57. The van der Waals surface area contributed by atoms with Crippen LogP contribution >= 0.6 is 0 Å². The van der Waals surface area contributed by atoms with Gasteiger partial charge in [-0.25, -0.2) is 0 Å². The molecule has 0 spiro atoms. The van der Waals surface area contributed by atoms with Gasteiger partial charge in [-0.15, -0.1) is 0 Å². The van der Waals surface area contributed by atoms with Crippen molar-refractivity contribution in [2.24, 2.45) is 0 Å². The number of allylic oxidation sites excluding steroid dienone is 4. The molecule has 0 aliphatic carbocycles. The monoisotopic (exact) mass is 124 g/mol. The van der Waals surface area contributed by atoms with Gasteiger partial charge in [0.2, 0.25) is 0 Å². The maximum atomic E-state index is 10.00. The molecule has 0 bridgehead atoms. The van der Waals surface area contributed by atoms with Gasteiger partial charge in [0, 0.05) is 0 Å². The highest BCUT2D eigenvalue weighted by Gasteiger charge is 1.76. The van der Waals surface area contributed by atoms with Gasteiger partial charge in [-0.2, -0.15) is 0 Å². The van der Waals surface area contributed by atoms with Gasteiger partial charge in [-0.05, 0) is 18.9 Å². The van der Waals surface area contributed by atoms with Crippen LogP contribution in [-0.2, 0) is 4.79 Å². The highest BCUT2D eigenvalue weighted by molar-refractivity contribution is 5.72. The Balaban J connectivity index is 3.68. The summed E-state index contributed by atoms with van der Waals surface area (Å²) < 4.78 is 0. The van der Waals surface area contributed by atoms with Crippen molar-refractivity contribution in [3.8, 4) is 0 Å². The molecule has 1 heteroatoms. The summed E-state index contributed by atoms with van der Waals surface area (Å²) in [6, 6.07) is 0. The third-order valence-electron chi connectivity index (χ3n) is 0.917. The fourth-order valence-electron chi connectivity index (χ4n) is 0.395. The maximum absolute atomic E-state index is 10.00. The normalized spacial score (nSPS) is 12.4. The molecule has 0 fully saturated rings. The van der Waals surface area contributed by atoms with Crippen molar-refractivity contribution in [3.63, 3.8) is 0 Å². The fourth-order valence-corrected chi connectivity index (χ4v) is 0.395. The van der Waals surface area contributed by atoms with Gasteiger partial charge in [-0.1, -0.05) is 25.2 Å². The lowest BCUT2D eigenvalue weighted by atomic mass is 10.3. The van der Waals surface area contributed by atoms with Gasteiger partial charge < -0.3 is 0 Å². The summed E-state index contributed by atoms with van der Waals surface area (Å²) in [5.74, 6) is 0. The predicted molar refractivity (Wildman–Crippen MR) is 39.3 cm³/mol. The molecule has 0 atom stereocenters. The van der Waals surface area contributed by atoms with Gasteiger partial charge in [0.1, 0.15) is 6.29 Å². The molecule has 1 nitrogen and oxygen atoms in total. The van der Waals surface area contributed by atoms with Crippen molar-refractivity contribution in [1.29, 1.82) is 0 Å². The van der Waals surface area contributed by atoms with Gasteiger partial charge in [-0.3, -0.25) is 4.79 Å². The Morgan fingerprint density at radius 1 is 1.56 bits per heavy atom. The Morgan fingerprint density at radius 3 is 2.67 bits per heavy atom. The Bertz CT molecular complexity index is 132. The van der Waals surface area contributed by atoms with E-state index in [1.54, 1.807) is 13.0 Å². The van der Waals surface area contributed by atoms with E-state index in [-0.39, 0.29) is 0 Å². The molecule has 9 heavy (non-hydrogen) atoms. The average molecular weight is 124 g/mol. The summed E-state index contributed by atoms with van der Waals surface area (Å²) in [5.41, 5.74) is 0.764. The van der Waals surface area contributed by atoms with E-state index in [0.717, 1.165) is 18.3 Å². The average Bonchev–Trinajstić information content (AvgIpc) is 1.89. The van der Waals surface area contributed by atoms with E-state index in [9.17, 15) is 4.79 Å². The zero-order chi connectivity index (χ0) is 7.11. The second kappa shape index (κ2) is 5.29. The van der Waals surface area contributed by atoms with Gasteiger partial charge >= 0.3 is 0 Å². The first kappa shape index (κ1) is 8.15. The van der Waals surface area contributed by atoms with Crippen molar-refractivity contribution in [2.45, 2.75) is 20.3 Å². The lowest BCUT2D eigenvalue weighted by molar-refractivity contribution is -0.104. The van der Waals surface area contributed by atoms with Gasteiger partial charge in [0.25, 0.3) is 0 Å². The maximum Gasteiger partial charge on any atom is 0.145 e. The minimum atomic E-state index is 0.764. The number of rotatable bonds is 3. The van der Waals surface area contributed by atoms with E-state index in [0.29, 0.717) is 0 Å². The number of carbonyl (C=O) groups is 1. The molecule has 0 aromatic carbocycles. The number of carbonyl (C=O) groups excluding carboxylic acids is 1. The van der Waals surface area contributed by atoms with E-state index >= 15 is 0 Å². The SMILES string of the molecule is CC/C=C\C=C(/C)C=O. The Kier molecular flexibility index (Phi) is 4.79. The summed E-state index contributed by atoms with van der Waals surface area (Å²) in [5, 5.41) is 0. The lowest BCUT2D eigenvalue weighted by Gasteiger charge is -1.79. The highest BCUT2D eigenvalue weighted by Crippen LogP contribution is 1.87. The Hall–Kier alpha value is -0.850. The van der Waals surface area contributed by atoms with Crippen molar-refractivity contribution < 1.29 is 4.79 Å². The van der Waals surface area contributed by atoms with E-state index in [1.807, 2.05) is 12.2 Å². The Labute approximate surface area is 56.1 Å². The molecule has 50 valence electrons. The summed E-state index contributed by atoms with van der Waals surface area (Å²) >= 11 is 0. The highest BCUT2D eigenvalue weighted by atomic mass is 16.1. The number of hydrogen-bond donors (Lipinski definition) is 0. The van der Waals surface area contributed by atoms with Gasteiger partial charge in [0.05, 0.1) is 0 Å². The summed E-state index contributed by atoms with van der Waals surface area (Å²) in [7, 11) is 0. The van der Waals surface area contributed by atoms with Crippen molar-refractivity contribution in [1.82, 2.24) is 0 Å². The summed E-state index contributed by atoms with van der Waals surface area (Å²) in [6.45, 7) is 3.84. The Morgan fingerprint density at radius 2 is 2.22 bits per heavy atom. The van der Waals surface area contributed by atoms with Crippen LogP contribution in [0.5, 0.6) is 0 Å². The van der Waals surface area contributed by atoms with Crippen molar-refractivity contribution in [2.75, 3.05) is 0 Å². The molecule has 0 rings (SSSR count). The third kappa shape index (κ3) is 5.01. The molecule has 0 saturated carbocycles. The summed E-state index contributed by atoms with van der Waals surface area (Å²) in [4.78, 5) is 10.00. The molecule has 0 heterocycles. The smallest absolute Gasteiger partial charge is 0.145 e. The molecule has 0 aromatic rings. The first-order valence-corrected chi connectivity index (χ1v) is 3.10. The third-order valence-corrected chi connectivity index (χ3v) is 0.917. The van der Waals surface area contributed by atoms with Crippen LogP contribution in [0.4, 0.5) is 0 Å². The number of aldehydes is 1. The molecular formula is C8H12O. The molecule has 0 radical (unpaired) electrons. The minimum absolute atomic E-state index is 0.764. The van der Waals surface area contributed by atoms with Crippen LogP contribution in [0.1, 0.15) is 20.3 Å². The van der Waals surface area contributed by atoms with E-state index in [2.05, 4.69) is 6.92 Å². The molecule has 0 unspecified atom stereocenters. The molecule has 0 aliphatic rings. The van der Waals surface area contributed by atoms with Crippen LogP contribution in [0.25, 0.3) is 0 Å². The second-order valence-electron chi connectivity index (χ2n) is 1.86. The van der Waals surface area contributed by atoms with Crippen LogP contribution in [0.3, 0.4) is 0 Å². The van der Waals surface area contributed by atoms with Gasteiger partial charge in [0.15, 0.2) is 0 Å². The largest absolute Gasteiger partial charge is 0.298 e. The molecule has 0 aliphatic heterocycles. The predicted octanol–water partition coefficient (Wildman–Crippen LogP) is 2.10. The molecule has 0 amide bonds. The molecule has 0 saturated heterocycles. The minimum Gasteiger partial charge on any atom is -0.298 e. The topological polar surface area (TPSA) is 17.1 Å². The van der Waals surface area contributed by atoms with Crippen LogP contribution < -0.4 is 0 Å². The number of hydrogen-bond acceptors (Lipinski definition) is 1. The van der Waals surface area contributed by atoms with E-state index < -0.39 is 0 Å². The van der Waals surface area contributed by atoms with Crippen molar-refractivity contribution in [3.05, 3.63) is 23.8 Å².